The zero-order chi connectivity index (χ0) is 19.8. The number of amides is 1. The Morgan fingerprint density at radius 3 is 2.29 bits per heavy atom. The van der Waals surface area contributed by atoms with Crippen molar-refractivity contribution >= 4 is 44.0 Å². The lowest BCUT2D eigenvalue weighted by molar-refractivity contribution is -0.120. The first-order valence-electron chi connectivity index (χ1n) is 8.63. The van der Waals surface area contributed by atoms with Crippen LogP contribution < -0.4 is 10.2 Å². The van der Waals surface area contributed by atoms with Crippen molar-refractivity contribution in [3.63, 3.8) is 0 Å². The predicted molar refractivity (Wildman–Crippen MR) is 118 cm³/mol. The summed E-state index contributed by atoms with van der Waals surface area (Å²) in [6.07, 6.45) is 1.86. The summed E-state index contributed by atoms with van der Waals surface area (Å²) < 4.78 is 7.67. The summed E-state index contributed by atoms with van der Waals surface area (Å²) in [5.41, 5.74) is 5.31. The third kappa shape index (κ3) is 6.04. The third-order valence-corrected chi connectivity index (χ3v) is 4.91. The van der Waals surface area contributed by atoms with Gasteiger partial charge < -0.3 is 4.74 Å². The van der Waals surface area contributed by atoms with Gasteiger partial charge in [-0.15, -0.1) is 0 Å². The number of carbonyl (C=O) groups excluding carboxylic acids is 1. The summed E-state index contributed by atoms with van der Waals surface area (Å²) in [6, 6.07) is 23.3. The smallest absolute Gasteiger partial charge is 0.244 e. The maximum Gasteiger partial charge on any atom is 0.244 e. The normalized spacial score (nSPS) is 10.8. The van der Waals surface area contributed by atoms with Crippen molar-refractivity contribution < 1.29 is 9.53 Å². The van der Waals surface area contributed by atoms with Gasteiger partial charge >= 0.3 is 0 Å². The average molecular weight is 502 g/mol. The van der Waals surface area contributed by atoms with Gasteiger partial charge in [-0.3, -0.25) is 4.79 Å². The molecule has 6 heteroatoms. The number of hydrogen-bond acceptors (Lipinski definition) is 3. The molecule has 0 heterocycles. The molecule has 4 nitrogen and oxygen atoms in total. The topological polar surface area (TPSA) is 50.7 Å². The van der Waals surface area contributed by atoms with Crippen molar-refractivity contribution in [2.45, 2.75) is 13.0 Å². The molecule has 3 rings (SSSR count). The van der Waals surface area contributed by atoms with E-state index in [0.29, 0.717) is 12.4 Å². The Balaban J connectivity index is 1.68. The van der Waals surface area contributed by atoms with Gasteiger partial charge in [-0.1, -0.05) is 76.6 Å². The number of hydrazone groups is 1. The molecular weight excluding hydrogens is 484 g/mol. The van der Waals surface area contributed by atoms with Crippen LogP contribution in [0.1, 0.15) is 16.7 Å². The molecule has 0 atom stereocenters. The highest BCUT2D eigenvalue weighted by atomic mass is 79.9. The summed E-state index contributed by atoms with van der Waals surface area (Å²) in [4.78, 5) is 12.1. The Morgan fingerprint density at radius 2 is 1.61 bits per heavy atom. The molecule has 0 spiro atoms. The molecule has 3 aromatic carbocycles. The first kappa shape index (κ1) is 20.3. The van der Waals surface area contributed by atoms with Gasteiger partial charge in [0.05, 0.1) is 17.1 Å². The molecule has 0 unspecified atom stereocenters. The Kier molecular flexibility index (Phi) is 7.39. The second kappa shape index (κ2) is 10.2. The van der Waals surface area contributed by atoms with E-state index in [9.17, 15) is 4.79 Å². The average Bonchev–Trinajstić information content (AvgIpc) is 2.69. The zero-order valence-electron chi connectivity index (χ0n) is 14.9. The minimum atomic E-state index is -0.178. The molecule has 0 aromatic heterocycles. The van der Waals surface area contributed by atoms with E-state index < -0.39 is 0 Å². The Bertz CT molecular complexity index is 961. The molecule has 0 saturated carbocycles. The van der Waals surface area contributed by atoms with Crippen molar-refractivity contribution in [1.82, 2.24) is 5.43 Å². The molecule has 0 bridgehead atoms. The molecule has 3 aromatic rings. The van der Waals surface area contributed by atoms with Crippen molar-refractivity contribution in [2.24, 2.45) is 5.10 Å². The number of halogens is 2. The standard InChI is InChI=1S/C22H18Br2N2O2/c23-19-12-18(14-25-26-21(27)11-16-7-3-1-4-8-16)22(20(24)13-19)28-15-17-9-5-2-6-10-17/h1-10,12-14H,11,15H2,(H,26,27). The molecule has 0 fully saturated rings. The highest BCUT2D eigenvalue weighted by Gasteiger charge is 2.10. The molecular formula is C22H18Br2N2O2. The van der Waals surface area contributed by atoms with Crippen LogP contribution in [-0.2, 0) is 17.8 Å². The van der Waals surface area contributed by atoms with Crippen molar-refractivity contribution in [1.29, 1.82) is 0 Å². The first-order chi connectivity index (χ1) is 13.6. The number of nitrogens with zero attached hydrogens (tertiary/aromatic N) is 1. The summed E-state index contributed by atoms with van der Waals surface area (Å²) >= 11 is 7.01. The third-order valence-electron chi connectivity index (χ3n) is 3.86. The van der Waals surface area contributed by atoms with Crippen LogP contribution in [0.25, 0.3) is 0 Å². The predicted octanol–water partition coefficient (Wildman–Crippen LogP) is 5.48. The van der Waals surface area contributed by atoms with Crippen LogP contribution in [0.3, 0.4) is 0 Å². The Labute approximate surface area is 180 Å². The quantitative estimate of drug-likeness (QED) is 0.344. The maximum absolute atomic E-state index is 12.1. The second-order valence-electron chi connectivity index (χ2n) is 6.04. The molecule has 1 amide bonds. The lowest BCUT2D eigenvalue weighted by Gasteiger charge is -2.12. The summed E-state index contributed by atoms with van der Waals surface area (Å²) in [5, 5.41) is 4.09. The van der Waals surface area contributed by atoms with Crippen molar-refractivity contribution in [3.05, 3.63) is 98.4 Å². The van der Waals surface area contributed by atoms with E-state index in [-0.39, 0.29) is 12.3 Å². The van der Waals surface area contributed by atoms with Gasteiger partial charge in [0.2, 0.25) is 5.91 Å². The maximum atomic E-state index is 12.1. The molecule has 0 aliphatic carbocycles. The van der Waals surface area contributed by atoms with Crippen LogP contribution in [-0.4, -0.2) is 12.1 Å². The summed E-state index contributed by atoms with van der Waals surface area (Å²) in [6.45, 7) is 0.433. The molecule has 28 heavy (non-hydrogen) atoms. The largest absolute Gasteiger partial charge is 0.487 e. The molecule has 1 N–H and O–H groups in total. The first-order valence-corrected chi connectivity index (χ1v) is 10.2. The molecule has 0 saturated heterocycles. The van der Waals surface area contributed by atoms with E-state index in [1.54, 1.807) is 6.21 Å². The van der Waals surface area contributed by atoms with Gasteiger partial charge in [0, 0.05) is 10.0 Å². The van der Waals surface area contributed by atoms with Gasteiger partial charge in [-0.25, -0.2) is 5.43 Å². The van der Waals surface area contributed by atoms with Crippen LogP contribution in [0.4, 0.5) is 0 Å². The zero-order valence-corrected chi connectivity index (χ0v) is 18.1. The van der Waals surface area contributed by atoms with Crippen molar-refractivity contribution in [2.75, 3.05) is 0 Å². The fourth-order valence-electron chi connectivity index (χ4n) is 2.55. The molecule has 0 aliphatic heterocycles. The van der Waals surface area contributed by atoms with E-state index in [0.717, 1.165) is 25.6 Å². The summed E-state index contributed by atoms with van der Waals surface area (Å²) in [7, 11) is 0. The lowest BCUT2D eigenvalue weighted by atomic mass is 10.1. The molecule has 0 radical (unpaired) electrons. The monoisotopic (exact) mass is 500 g/mol. The van der Waals surface area contributed by atoms with Crippen LogP contribution in [0, 0.1) is 0 Å². The van der Waals surface area contributed by atoms with Gasteiger partial charge in [0.15, 0.2) is 0 Å². The highest BCUT2D eigenvalue weighted by Crippen LogP contribution is 2.32. The van der Waals surface area contributed by atoms with Crippen LogP contribution in [0.15, 0.2) is 86.8 Å². The fourth-order valence-corrected chi connectivity index (χ4v) is 3.93. The van der Waals surface area contributed by atoms with E-state index in [1.165, 1.54) is 0 Å². The van der Waals surface area contributed by atoms with Crippen LogP contribution in [0.5, 0.6) is 5.75 Å². The van der Waals surface area contributed by atoms with E-state index in [2.05, 4.69) is 42.4 Å². The van der Waals surface area contributed by atoms with E-state index >= 15 is 0 Å². The van der Waals surface area contributed by atoms with Gasteiger partial charge in [-0.2, -0.15) is 5.10 Å². The van der Waals surface area contributed by atoms with Gasteiger partial charge in [0.1, 0.15) is 12.4 Å². The number of rotatable bonds is 7. The molecule has 0 aliphatic rings. The minimum absolute atomic E-state index is 0.178. The fraction of sp³-hybridized carbons (Fsp3) is 0.0909. The molecule has 142 valence electrons. The Hall–Kier alpha value is -2.44. The van der Waals surface area contributed by atoms with Gasteiger partial charge in [-0.05, 0) is 39.2 Å². The second-order valence-corrected chi connectivity index (χ2v) is 7.81. The van der Waals surface area contributed by atoms with E-state index in [4.69, 9.17) is 4.74 Å². The van der Waals surface area contributed by atoms with Crippen LogP contribution in [0.2, 0.25) is 0 Å². The number of nitrogens with one attached hydrogen (secondary N) is 1. The number of hydrogen-bond donors (Lipinski definition) is 1. The number of carbonyl (C=O) groups is 1. The number of benzene rings is 3. The highest BCUT2D eigenvalue weighted by molar-refractivity contribution is 9.11. The Morgan fingerprint density at radius 1 is 0.964 bits per heavy atom. The summed E-state index contributed by atoms with van der Waals surface area (Å²) in [5.74, 6) is 0.483. The SMILES string of the molecule is O=C(Cc1ccccc1)NN=Cc1cc(Br)cc(Br)c1OCc1ccccc1. The van der Waals surface area contributed by atoms with Gasteiger partial charge in [0.25, 0.3) is 0 Å². The lowest BCUT2D eigenvalue weighted by Crippen LogP contribution is -2.19. The van der Waals surface area contributed by atoms with Crippen molar-refractivity contribution in [3.8, 4) is 5.75 Å². The minimum Gasteiger partial charge on any atom is -0.487 e. The van der Waals surface area contributed by atoms with E-state index in [1.807, 2.05) is 72.8 Å². The number of ether oxygens (including phenoxy) is 1. The van der Waals surface area contributed by atoms with Crippen LogP contribution >= 0.6 is 31.9 Å².